The molecule has 0 aliphatic carbocycles. The lowest BCUT2D eigenvalue weighted by atomic mass is 10.1. The number of aromatic carboxylic acids is 1. The molecule has 0 unspecified atom stereocenters. The summed E-state index contributed by atoms with van der Waals surface area (Å²) in [5.74, 6) is -0.965. The highest BCUT2D eigenvalue weighted by atomic mass is 32.2. The number of carboxylic acid groups (broad SMARTS) is 1. The van der Waals surface area contributed by atoms with Gasteiger partial charge in [0.25, 0.3) is 0 Å². The maximum atomic E-state index is 11.5. The Morgan fingerprint density at radius 1 is 1.41 bits per heavy atom. The molecule has 5 nitrogen and oxygen atoms in total. The Kier molecular flexibility index (Phi) is 3.77. The minimum Gasteiger partial charge on any atom is -0.493 e. The van der Waals surface area contributed by atoms with Gasteiger partial charge >= 0.3 is 5.97 Å². The molecule has 0 heterocycles. The van der Waals surface area contributed by atoms with Crippen molar-refractivity contribution < 1.29 is 23.1 Å². The predicted octanol–water partition coefficient (Wildman–Crippen LogP) is 1.50. The highest BCUT2D eigenvalue weighted by Gasteiger charge is 2.19. The predicted molar refractivity (Wildman–Crippen MR) is 62.4 cm³/mol. The lowest BCUT2D eigenvalue weighted by molar-refractivity contribution is 0.0696. The summed E-state index contributed by atoms with van der Waals surface area (Å²) in [7, 11) is -3.52. The second-order valence-electron chi connectivity index (χ2n) is 3.62. The Morgan fingerprint density at radius 2 is 2.00 bits per heavy atom. The SMILES string of the molecule is CCOc1cc(C)c(C(=O)O)cc1S(C)(=O)=O. The number of ether oxygens (including phenoxy) is 1. The van der Waals surface area contributed by atoms with Crippen LogP contribution in [0.3, 0.4) is 0 Å². The molecule has 94 valence electrons. The smallest absolute Gasteiger partial charge is 0.335 e. The van der Waals surface area contributed by atoms with Crippen molar-refractivity contribution in [1.82, 2.24) is 0 Å². The van der Waals surface area contributed by atoms with Crippen LogP contribution < -0.4 is 4.74 Å². The fraction of sp³-hybridized carbons (Fsp3) is 0.364. The van der Waals surface area contributed by atoms with Gasteiger partial charge in [-0.25, -0.2) is 13.2 Å². The number of rotatable bonds is 4. The minimum atomic E-state index is -3.52. The van der Waals surface area contributed by atoms with Gasteiger partial charge in [-0.2, -0.15) is 0 Å². The Balaban J connectivity index is 3.53. The molecule has 0 atom stereocenters. The van der Waals surface area contributed by atoms with E-state index in [1.54, 1.807) is 13.8 Å². The van der Waals surface area contributed by atoms with Crippen LogP contribution in [0.1, 0.15) is 22.8 Å². The first-order valence-electron chi connectivity index (χ1n) is 4.98. The third kappa shape index (κ3) is 2.97. The molecule has 0 saturated carbocycles. The van der Waals surface area contributed by atoms with Crippen molar-refractivity contribution >= 4 is 15.8 Å². The van der Waals surface area contributed by atoms with Crippen molar-refractivity contribution in [1.29, 1.82) is 0 Å². The largest absolute Gasteiger partial charge is 0.493 e. The third-order valence-corrected chi connectivity index (χ3v) is 3.34. The van der Waals surface area contributed by atoms with Gasteiger partial charge in [-0.1, -0.05) is 0 Å². The van der Waals surface area contributed by atoms with E-state index in [4.69, 9.17) is 9.84 Å². The molecule has 0 aliphatic rings. The van der Waals surface area contributed by atoms with E-state index in [0.717, 1.165) is 12.3 Å². The summed E-state index contributed by atoms with van der Waals surface area (Å²) in [5, 5.41) is 8.94. The molecule has 0 fully saturated rings. The molecule has 0 saturated heterocycles. The summed E-state index contributed by atoms with van der Waals surface area (Å²) in [5.41, 5.74) is 0.433. The molecule has 0 spiro atoms. The van der Waals surface area contributed by atoms with Gasteiger partial charge in [0, 0.05) is 6.26 Å². The van der Waals surface area contributed by atoms with E-state index in [9.17, 15) is 13.2 Å². The second-order valence-corrected chi connectivity index (χ2v) is 5.61. The van der Waals surface area contributed by atoms with Gasteiger partial charge < -0.3 is 9.84 Å². The molecule has 6 heteroatoms. The topological polar surface area (TPSA) is 80.7 Å². The van der Waals surface area contributed by atoms with Gasteiger partial charge in [0.05, 0.1) is 12.2 Å². The summed E-state index contributed by atoms with van der Waals surface area (Å²) in [6.45, 7) is 3.64. The van der Waals surface area contributed by atoms with Crippen LogP contribution in [0.5, 0.6) is 5.75 Å². The lowest BCUT2D eigenvalue weighted by Crippen LogP contribution is -2.07. The van der Waals surface area contributed by atoms with Crippen molar-refractivity contribution in [2.45, 2.75) is 18.7 Å². The fourth-order valence-electron chi connectivity index (χ4n) is 1.45. The Hall–Kier alpha value is -1.56. The number of benzene rings is 1. The summed E-state index contributed by atoms with van der Waals surface area (Å²) in [6.07, 6.45) is 1.02. The van der Waals surface area contributed by atoms with E-state index in [1.165, 1.54) is 6.07 Å². The van der Waals surface area contributed by atoms with Crippen LogP contribution in [0.2, 0.25) is 0 Å². The number of hydrogen-bond acceptors (Lipinski definition) is 4. The minimum absolute atomic E-state index is 0.0334. The van der Waals surface area contributed by atoms with E-state index in [0.29, 0.717) is 12.2 Å². The standard InChI is InChI=1S/C11H14O5S/c1-4-16-9-5-7(2)8(11(12)13)6-10(9)17(3,14)15/h5-6H,4H2,1-3H3,(H,12,13). The van der Waals surface area contributed by atoms with Crippen LogP contribution in [0.4, 0.5) is 0 Å². The summed E-state index contributed by atoms with van der Waals surface area (Å²) in [6, 6.07) is 2.57. The Labute approximate surface area is 100.0 Å². The number of aryl methyl sites for hydroxylation is 1. The van der Waals surface area contributed by atoms with Crippen molar-refractivity contribution in [3.05, 3.63) is 23.3 Å². The quantitative estimate of drug-likeness (QED) is 0.885. The monoisotopic (exact) mass is 258 g/mol. The Bertz CT molecular complexity index is 545. The summed E-state index contributed by atoms with van der Waals surface area (Å²) in [4.78, 5) is 10.8. The average molecular weight is 258 g/mol. The number of carbonyl (C=O) groups is 1. The zero-order chi connectivity index (χ0) is 13.2. The molecular weight excluding hydrogens is 244 g/mol. The first-order valence-corrected chi connectivity index (χ1v) is 6.87. The molecule has 0 aromatic heterocycles. The fourth-order valence-corrected chi connectivity index (χ4v) is 2.27. The van der Waals surface area contributed by atoms with Crippen molar-refractivity contribution in [3.8, 4) is 5.75 Å². The first-order chi connectivity index (χ1) is 7.77. The van der Waals surface area contributed by atoms with Gasteiger partial charge in [0.15, 0.2) is 9.84 Å². The van der Waals surface area contributed by atoms with Crippen molar-refractivity contribution in [2.24, 2.45) is 0 Å². The zero-order valence-corrected chi connectivity index (χ0v) is 10.7. The van der Waals surface area contributed by atoms with Gasteiger partial charge in [0.2, 0.25) is 0 Å². The van der Waals surface area contributed by atoms with Gasteiger partial charge in [-0.05, 0) is 31.5 Å². The van der Waals surface area contributed by atoms with E-state index >= 15 is 0 Å². The number of sulfone groups is 1. The molecule has 1 aromatic carbocycles. The van der Waals surface area contributed by atoms with Crippen molar-refractivity contribution in [3.63, 3.8) is 0 Å². The lowest BCUT2D eigenvalue weighted by Gasteiger charge is -2.11. The van der Waals surface area contributed by atoms with Gasteiger partial charge in [-0.3, -0.25) is 0 Å². The maximum absolute atomic E-state index is 11.5. The van der Waals surface area contributed by atoms with E-state index < -0.39 is 15.8 Å². The van der Waals surface area contributed by atoms with Gasteiger partial charge in [-0.15, -0.1) is 0 Å². The second kappa shape index (κ2) is 4.75. The molecule has 0 radical (unpaired) electrons. The molecule has 0 amide bonds. The first kappa shape index (κ1) is 13.5. The molecule has 1 aromatic rings. The third-order valence-electron chi connectivity index (χ3n) is 2.22. The average Bonchev–Trinajstić information content (AvgIpc) is 2.15. The molecule has 0 aliphatic heterocycles. The summed E-state index contributed by atoms with van der Waals surface area (Å²) < 4.78 is 28.3. The molecule has 0 bridgehead atoms. The maximum Gasteiger partial charge on any atom is 0.335 e. The van der Waals surface area contributed by atoms with Crippen LogP contribution in [0, 0.1) is 6.92 Å². The van der Waals surface area contributed by atoms with Crippen LogP contribution in [0.25, 0.3) is 0 Å². The Morgan fingerprint density at radius 3 is 2.41 bits per heavy atom. The van der Waals surface area contributed by atoms with Crippen LogP contribution in [0.15, 0.2) is 17.0 Å². The van der Waals surface area contributed by atoms with E-state index in [-0.39, 0.29) is 16.2 Å². The number of carboxylic acids is 1. The van der Waals surface area contributed by atoms with Crippen LogP contribution >= 0.6 is 0 Å². The van der Waals surface area contributed by atoms with E-state index in [1.807, 2.05) is 0 Å². The molecular formula is C11H14O5S. The zero-order valence-electron chi connectivity index (χ0n) is 9.85. The highest BCUT2D eigenvalue weighted by Crippen LogP contribution is 2.27. The molecule has 1 N–H and O–H groups in total. The van der Waals surface area contributed by atoms with Crippen LogP contribution in [-0.4, -0.2) is 32.4 Å². The van der Waals surface area contributed by atoms with E-state index in [2.05, 4.69) is 0 Å². The summed E-state index contributed by atoms with van der Waals surface area (Å²) >= 11 is 0. The van der Waals surface area contributed by atoms with Gasteiger partial charge in [0.1, 0.15) is 10.6 Å². The normalized spacial score (nSPS) is 11.2. The molecule has 1 rings (SSSR count). The number of hydrogen-bond donors (Lipinski definition) is 1. The van der Waals surface area contributed by atoms with Crippen molar-refractivity contribution in [2.75, 3.05) is 12.9 Å². The molecule has 17 heavy (non-hydrogen) atoms. The van der Waals surface area contributed by atoms with Crippen LogP contribution in [-0.2, 0) is 9.84 Å². The highest BCUT2D eigenvalue weighted by molar-refractivity contribution is 7.90.